The lowest BCUT2D eigenvalue weighted by atomic mass is 9.98. The summed E-state index contributed by atoms with van der Waals surface area (Å²) in [5.74, 6) is 0.343. The third-order valence-corrected chi connectivity index (χ3v) is 1.93. The van der Waals surface area contributed by atoms with Crippen LogP contribution in [0, 0.1) is 17.2 Å². The van der Waals surface area contributed by atoms with E-state index in [2.05, 4.69) is 4.99 Å². The van der Waals surface area contributed by atoms with Crippen molar-refractivity contribution < 1.29 is 0 Å². The van der Waals surface area contributed by atoms with Gasteiger partial charge in [0.1, 0.15) is 5.54 Å². The molecule has 0 radical (unpaired) electrons. The highest BCUT2D eigenvalue weighted by Gasteiger charge is 2.23. The Morgan fingerprint density at radius 1 is 1.62 bits per heavy atom. The van der Waals surface area contributed by atoms with E-state index in [1.54, 1.807) is 13.1 Å². The molecule has 1 aliphatic rings. The Hall–Kier alpha value is -1.40. The van der Waals surface area contributed by atoms with E-state index in [-0.39, 0.29) is 0 Å². The summed E-state index contributed by atoms with van der Waals surface area (Å²) >= 11 is 0. The van der Waals surface area contributed by atoms with Crippen molar-refractivity contribution in [2.45, 2.75) is 19.4 Å². The minimum absolute atomic E-state index is 0.343. The predicted octanol–water partition coefficient (Wildman–Crippen LogP) is 1.39. The lowest BCUT2D eigenvalue weighted by Crippen LogP contribution is -2.42. The molecule has 0 bridgehead atoms. The minimum atomic E-state index is -0.995. The molecule has 1 rings (SSSR count). The van der Waals surface area contributed by atoms with Gasteiger partial charge in [0.25, 0.3) is 0 Å². The van der Waals surface area contributed by atoms with E-state index in [0.717, 1.165) is 0 Å². The highest BCUT2D eigenvalue weighted by atomic mass is 14.8. The van der Waals surface area contributed by atoms with Gasteiger partial charge in [0.05, 0.1) is 11.8 Å². The maximum absolute atomic E-state index is 8.79. The zero-order valence-corrected chi connectivity index (χ0v) is 7.86. The Labute approximate surface area is 78.3 Å². The Bertz CT molecular complexity index is 316. The third-order valence-electron chi connectivity index (χ3n) is 1.93. The molecule has 2 N–H and O–H groups in total. The van der Waals surface area contributed by atoms with Gasteiger partial charge in [0.15, 0.2) is 0 Å². The summed E-state index contributed by atoms with van der Waals surface area (Å²) in [5.41, 5.74) is 5.34. The van der Waals surface area contributed by atoms with Crippen molar-refractivity contribution in [1.82, 2.24) is 0 Å². The summed E-state index contributed by atoms with van der Waals surface area (Å²) < 4.78 is 0. The van der Waals surface area contributed by atoms with Crippen molar-refractivity contribution >= 4 is 5.71 Å². The van der Waals surface area contributed by atoms with E-state index < -0.39 is 5.54 Å². The molecule has 0 saturated carbocycles. The molecule has 1 aliphatic heterocycles. The molecule has 68 valence electrons. The second-order valence-electron chi connectivity index (χ2n) is 3.39. The number of nitriles is 1. The highest BCUT2D eigenvalue weighted by Crippen LogP contribution is 2.10. The van der Waals surface area contributed by atoms with Gasteiger partial charge in [-0.05, 0) is 18.9 Å². The van der Waals surface area contributed by atoms with Crippen LogP contribution in [0.15, 0.2) is 29.4 Å². The average Bonchev–Trinajstić information content (AvgIpc) is 2.30. The van der Waals surface area contributed by atoms with E-state index in [4.69, 9.17) is 11.0 Å². The molecule has 3 nitrogen and oxygen atoms in total. The lowest BCUT2D eigenvalue weighted by Gasteiger charge is -2.14. The summed E-state index contributed by atoms with van der Waals surface area (Å²) in [6.07, 6.45) is 7.44. The summed E-state index contributed by atoms with van der Waals surface area (Å²) in [4.78, 5) is 4.12. The topological polar surface area (TPSA) is 62.2 Å². The van der Waals surface area contributed by atoms with Crippen molar-refractivity contribution in [3.63, 3.8) is 0 Å². The second-order valence-corrected chi connectivity index (χ2v) is 3.39. The maximum Gasteiger partial charge on any atom is 0.143 e. The van der Waals surface area contributed by atoms with Crippen LogP contribution in [0.25, 0.3) is 0 Å². The number of hydrogen-bond acceptors (Lipinski definition) is 3. The van der Waals surface area contributed by atoms with Crippen LogP contribution in [-0.2, 0) is 0 Å². The molecular weight excluding hydrogens is 162 g/mol. The summed E-state index contributed by atoms with van der Waals surface area (Å²) in [6, 6.07) is 2.02. The largest absolute Gasteiger partial charge is 0.309 e. The van der Waals surface area contributed by atoms with Gasteiger partial charge in [-0.3, -0.25) is 4.99 Å². The first-order valence-corrected chi connectivity index (χ1v) is 4.19. The van der Waals surface area contributed by atoms with Crippen molar-refractivity contribution in [1.29, 1.82) is 5.26 Å². The first-order valence-electron chi connectivity index (χ1n) is 4.19. The standard InChI is InChI=1S/C10H13N3/c1-8-3-4-9(13-6-5-8)10(2,12)7-11/h3-6,8H,12H2,1-2H3. The lowest BCUT2D eigenvalue weighted by molar-refractivity contribution is 0.801. The molecule has 2 unspecified atom stereocenters. The number of aliphatic imine (C=N–C) groups is 1. The third kappa shape index (κ3) is 2.27. The summed E-state index contributed by atoms with van der Waals surface area (Å²) in [5, 5.41) is 8.79. The van der Waals surface area contributed by atoms with Crippen LogP contribution in [0.2, 0.25) is 0 Å². The molecule has 13 heavy (non-hydrogen) atoms. The van der Waals surface area contributed by atoms with Crippen LogP contribution in [-0.4, -0.2) is 11.3 Å². The van der Waals surface area contributed by atoms with Gasteiger partial charge in [0.2, 0.25) is 0 Å². The monoisotopic (exact) mass is 175 g/mol. The first-order chi connectivity index (χ1) is 6.06. The van der Waals surface area contributed by atoms with E-state index in [9.17, 15) is 0 Å². The van der Waals surface area contributed by atoms with Gasteiger partial charge in [-0.15, -0.1) is 0 Å². The van der Waals surface area contributed by atoms with Crippen LogP contribution in [0.3, 0.4) is 0 Å². The fourth-order valence-electron chi connectivity index (χ4n) is 0.974. The van der Waals surface area contributed by atoms with Crippen LogP contribution < -0.4 is 5.73 Å². The van der Waals surface area contributed by atoms with Crippen molar-refractivity contribution in [3.05, 3.63) is 24.4 Å². The quantitative estimate of drug-likeness (QED) is 0.654. The molecule has 0 aromatic rings. The molecule has 0 aromatic carbocycles. The number of hydrogen-bond donors (Lipinski definition) is 1. The number of rotatable bonds is 1. The molecule has 0 fully saturated rings. The Morgan fingerprint density at radius 3 is 2.92 bits per heavy atom. The van der Waals surface area contributed by atoms with Gasteiger partial charge in [0, 0.05) is 6.20 Å². The smallest absolute Gasteiger partial charge is 0.143 e. The molecule has 0 saturated heterocycles. The van der Waals surface area contributed by atoms with E-state index >= 15 is 0 Å². The van der Waals surface area contributed by atoms with Gasteiger partial charge < -0.3 is 5.73 Å². The molecule has 3 heteroatoms. The molecule has 0 amide bonds. The SMILES string of the molecule is CC1C=CN=C(C(C)(N)C#N)C=C1. The van der Waals surface area contributed by atoms with E-state index in [1.165, 1.54) is 0 Å². The second kappa shape index (κ2) is 3.55. The molecule has 0 aromatic heterocycles. The Morgan fingerprint density at radius 2 is 2.31 bits per heavy atom. The van der Waals surface area contributed by atoms with Crippen LogP contribution in [0.5, 0.6) is 0 Å². The maximum atomic E-state index is 8.79. The molecule has 1 heterocycles. The Balaban J connectivity index is 2.96. The molecular formula is C10H13N3. The van der Waals surface area contributed by atoms with Crippen molar-refractivity contribution in [2.24, 2.45) is 16.6 Å². The van der Waals surface area contributed by atoms with E-state index in [1.807, 2.05) is 31.2 Å². The number of allylic oxidation sites excluding steroid dienone is 2. The average molecular weight is 175 g/mol. The molecule has 2 atom stereocenters. The summed E-state index contributed by atoms with van der Waals surface area (Å²) in [7, 11) is 0. The zero-order chi connectivity index (χ0) is 9.90. The fraction of sp³-hybridized carbons (Fsp3) is 0.400. The molecule has 0 spiro atoms. The van der Waals surface area contributed by atoms with Gasteiger partial charge in [-0.25, -0.2) is 0 Å². The minimum Gasteiger partial charge on any atom is -0.309 e. The molecule has 0 aliphatic carbocycles. The number of nitrogens with zero attached hydrogens (tertiary/aromatic N) is 2. The van der Waals surface area contributed by atoms with Crippen LogP contribution in [0.1, 0.15) is 13.8 Å². The van der Waals surface area contributed by atoms with Crippen LogP contribution >= 0.6 is 0 Å². The first kappa shape index (κ1) is 9.69. The predicted molar refractivity (Wildman–Crippen MR) is 53.1 cm³/mol. The summed E-state index contributed by atoms with van der Waals surface area (Å²) in [6.45, 7) is 3.70. The van der Waals surface area contributed by atoms with Crippen molar-refractivity contribution in [2.75, 3.05) is 0 Å². The van der Waals surface area contributed by atoms with Crippen LogP contribution in [0.4, 0.5) is 0 Å². The van der Waals surface area contributed by atoms with Crippen molar-refractivity contribution in [3.8, 4) is 6.07 Å². The zero-order valence-electron chi connectivity index (χ0n) is 7.86. The highest BCUT2D eigenvalue weighted by molar-refractivity contribution is 6.04. The fourth-order valence-corrected chi connectivity index (χ4v) is 0.974. The Kier molecular flexibility index (Phi) is 2.64. The normalized spacial score (nSPS) is 25.7. The van der Waals surface area contributed by atoms with E-state index in [0.29, 0.717) is 11.6 Å². The number of nitrogens with two attached hydrogens (primary N) is 1. The van der Waals surface area contributed by atoms with Gasteiger partial charge >= 0.3 is 0 Å². The van der Waals surface area contributed by atoms with Gasteiger partial charge in [-0.2, -0.15) is 5.26 Å². The van der Waals surface area contributed by atoms with Gasteiger partial charge in [-0.1, -0.05) is 19.1 Å².